The number of nitrogens with zero attached hydrogens (tertiary/aromatic N) is 2. The average molecular weight is 291 g/mol. The van der Waals surface area contributed by atoms with Gasteiger partial charge in [-0.25, -0.2) is 4.99 Å². The lowest BCUT2D eigenvalue weighted by Crippen LogP contribution is -2.35. The molecule has 1 saturated heterocycles. The second-order valence-corrected chi connectivity index (χ2v) is 5.15. The van der Waals surface area contributed by atoms with E-state index in [2.05, 4.69) is 29.3 Å². The van der Waals surface area contributed by atoms with E-state index in [9.17, 15) is 0 Å². The minimum Gasteiger partial charge on any atom is -0.380 e. The molecule has 0 spiro atoms. The second-order valence-electron chi connectivity index (χ2n) is 5.15. The summed E-state index contributed by atoms with van der Waals surface area (Å²) in [6, 6.07) is 0. The zero-order valence-corrected chi connectivity index (χ0v) is 13.9. The van der Waals surface area contributed by atoms with Crippen LogP contribution in [-0.2, 0) is 4.74 Å². The van der Waals surface area contributed by atoms with Gasteiger partial charge in [0.2, 0.25) is 0 Å². The number of hydrogen-bond donors (Lipinski definition) is 1. The first-order valence-electron chi connectivity index (χ1n) is 7.71. The van der Waals surface area contributed by atoms with Gasteiger partial charge in [0.05, 0.1) is 6.61 Å². The third-order valence-corrected chi connectivity index (χ3v) is 3.38. The standard InChI is InChI=1S/C17H29N3O/c1-5-8-16(15(3)14-21-4)17(19-9-6-2)20-12-7-10-18-11-13-20/h5-6,8-9,18H,7,10-14H2,1-4H3/b8-5-,9-6-,16-15+,19-17+. The van der Waals surface area contributed by atoms with Gasteiger partial charge in [-0.05, 0) is 39.3 Å². The smallest absolute Gasteiger partial charge is 0.135 e. The van der Waals surface area contributed by atoms with Crippen molar-refractivity contribution in [2.24, 2.45) is 4.99 Å². The van der Waals surface area contributed by atoms with Crippen molar-refractivity contribution < 1.29 is 4.74 Å². The Morgan fingerprint density at radius 1 is 1.24 bits per heavy atom. The second kappa shape index (κ2) is 10.4. The maximum atomic E-state index is 5.30. The quantitative estimate of drug-likeness (QED) is 0.481. The molecule has 0 amide bonds. The molecule has 0 unspecified atom stereocenters. The van der Waals surface area contributed by atoms with E-state index in [4.69, 9.17) is 9.73 Å². The first-order chi connectivity index (χ1) is 10.2. The van der Waals surface area contributed by atoms with E-state index in [0.717, 1.165) is 38.4 Å². The Hall–Kier alpha value is -1.39. The molecule has 0 aliphatic carbocycles. The topological polar surface area (TPSA) is 36.9 Å². The molecule has 1 aliphatic rings. The van der Waals surface area contributed by atoms with Gasteiger partial charge in [-0.2, -0.15) is 0 Å². The lowest BCUT2D eigenvalue weighted by Gasteiger charge is -2.26. The zero-order chi connectivity index (χ0) is 15.5. The van der Waals surface area contributed by atoms with Gasteiger partial charge >= 0.3 is 0 Å². The predicted octanol–water partition coefficient (Wildman–Crippen LogP) is 2.75. The van der Waals surface area contributed by atoms with Crippen molar-refractivity contribution in [1.29, 1.82) is 0 Å². The highest BCUT2D eigenvalue weighted by molar-refractivity contribution is 6.01. The summed E-state index contributed by atoms with van der Waals surface area (Å²) in [7, 11) is 1.73. The summed E-state index contributed by atoms with van der Waals surface area (Å²) in [5, 5.41) is 3.44. The number of rotatable bonds is 5. The van der Waals surface area contributed by atoms with Gasteiger partial charge in [-0.15, -0.1) is 0 Å². The molecule has 1 rings (SSSR count). The zero-order valence-electron chi connectivity index (χ0n) is 13.9. The Morgan fingerprint density at radius 2 is 2.05 bits per heavy atom. The molecule has 0 saturated carbocycles. The van der Waals surface area contributed by atoms with E-state index in [1.165, 1.54) is 11.1 Å². The molecular formula is C17H29N3O. The van der Waals surface area contributed by atoms with Gasteiger partial charge in [0, 0.05) is 38.5 Å². The van der Waals surface area contributed by atoms with Crippen LogP contribution < -0.4 is 5.32 Å². The third kappa shape index (κ3) is 5.86. The van der Waals surface area contributed by atoms with Crippen LogP contribution in [0.2, 0.25) is 0 Å². The van der Waals surface area contributed by atoms with E-state index in [-0.39, 0.29) is 0 Å². The van der Waals surface area contributed by atoms with Crippen LogP contribution >= 0.6 is 0 Å². The first-order valence-corrected chi connectivity index (χ1v) is 7.71. The van der Waals surface area contributed by atoms with Gasteiger partial charge < -0.3 is 15.0 Å². The monoisotopic (exact) mass is 291 g/mol. The molecule has 0 atom stereocenters. The first kappa shape index (κ1) is 17.7. The molecule has 0 aromatic rings. The highest BCUT2D eigenvalue weighted by Gasteiger charge is 2.17. The van der Waals surface area contributed by atoms with E-state index >= 15 is 0 Å². The number of allylic oxidation sites excluding steroid dienone is 2. The van der Waals surface area contributed by atoms with Crippen LogP contribution in [0.25, 0.3) is 0 Å². The maximum Gasteiger partial charge on any atom is 0.135 e. The molecule has 4 heteroatoms. The predicted molar refractivity (Wildman–Crippen MR) is 90.7 cm³/mol. The Bertz CT molecular complexity index is 414. The molecule has 4 nitrogen and oxygen atoms in total. The fourth-order valence-corrected chi connectivity index (χ4v) is 2.39. The van der Waals surface area contributed by atoms with Gasteiger partial charge in [0.15, 0.2) is 0 Å². The van der Waals surface area contributed by atoms with Crippen molar-refractivity contribution in [3.05, 3.63) is 35.6 Å². The highest BCUT2D eigenvalue weighted by Crippen LogP contribution is 2.14. The van der Waals surface area contributed by atoms with Gasteiger partial charge in [0.25, 0.3) is 0 Å². The van der Waals surface area contributed by atoms with E-state index in [1.807, 2.05) is 26.1 Å². The van der Waals surface area contributed by atoms with Crippen LogP contribution in [-0.4, -0.2) is 50.6 Å². The summed E-state index contributed by atoms with van der Waals surface area (Å²) in [5.41, 5.74) is 2.37. The fraction of sp³-hybridized carbons (Fsp3) is 0.588. The number of aliphatic imine (C=N–C) groups is 1. The third-order valence-electron chi connectivity index (χ3n) is 3.38. The molecular weight excluding hydrogens is 262 g/mol. The molecule has 118 valence electrons. The van der Waals surface area contributed by atoms with E-state index in [0.29, 0.717) is 6.61 Å². The lowest BCUT2D eigenvalue weighted by molar-refractivity contribution is 0.225. The minimum absolute atomic E-state index is 0.626. The molecule has 0 bridgehead atoms. The SMILES string of the molecule is C\C=C/N=C(C(\C=C/C)=C(/C)COC)/N1CCCNCC1. The highest BCUT2D eigenvalue weighted by atomic mass is 16.5. The Morgan fingerprint density at radius 3 is 2.71 bits per heavy atom. The Kier molecular flexibility index (Phi) is 8.71. The normalized spacial score (nSPS) is 19.2. The summed E-state index contributed by atoms with van der Waals surface area (Å²) >= 11 is 0. The van der Waals surface area contributed by atoms with Crippen LogP contribution in [0.4, 0.5) is 0 Å². The van der Waals surface area contributed by atoms with Crippen LogP contribution in [0.3, 0.4) is 0 Å². The van der Waals surface area contributed by atoms with Crippen LogP contribution in [0, 0.1) is 0 Å². The number of amidine groups is 1. The lowest BCUT2D eigenvalue weighted by atomic mass is 10.1. The maximum absolute atomic E-state index is 5.30. The van der Waals surface area contributed by atoms with Crippen molar-refractivity contribution in [2.45, 2.75) is 27.2 Å². The van der Waals surface area contributed by atoms with Crippen LogP contribution in [0.5, 0.6) is 0 Å². The van der Waals surface area contributed by atoms with Crippen molar-refractivity contribution in [3.8, 4) is 0 Å². The molecule has 0 aromatic heterocycles. The number of nitrogens with one attached hydrogen (secondary N) is 1. The summed E-state index contributed by atoms with van der Waals surface area (Å²) in [5.74, 6) is 1.05. The largest absolute Gasteiger partial charge is 0.380 e. The minimum atomic E-state index is 0.626. The molecule has 1 heterocycles. The van der Waals surface area contributed by atoms with Crippen LogP contribution in [0.15, 0.2) is 40.6 Å². The van der Waals surface area contributed by atoms with Gasteiger partial charge in [-0.1, -0.05) is 18.2 Å². The Labute approximate surface area is 129 Å². The molecule has 0 radical (unpaired) electrons. The summed E-state index contributed by atoms with van der Waals surface area (Å²) in [6.45, 7) is 10.9. The summed E-state index contributed by atoms with van der Waals surface area (Å²) in [4.78, 5) is 7.07. The average Bonchev–Trinajstić information content (AvgIpc) is 2.76. The summed E-state index contributed by atoms with van der Waals surface area (Å²) in [6.07, 6.45) is 9.18. The molecule has 21 heavy (non-hydrogen) atoms. The van der Waals surface area contributed by atoms with Crippen molar-refractivity contribution in [3.63, 3.8) is 0 Å². The van der Waals surface area contributed by atoms with Gasteiger partial charge in [-0.3, -0.25) is 0 Å². The van der Waals surface area contributed by atoms with E-state index in [1.54, 1.807) is 7.11 Å². The summed E-state index contributed by atoms with van der Waals surface area (Å²) < 4.78 is 5.30. The Balaban J connectivity index is 3.16. The molecule has 1 aliphatic heterocycles. The molecule has 1 N–H and O–H groups in total. The van der Waals surface area contributed by atoms with Crippen molar-refractivity contribution in [2.75, 3.05) is 39.9 Å². The number of hydrogen-bond acceptors (Lipinski definition) is 3. The van der Waals surface area contributed by atoms with E-state index < -0.39 is 0 Å². The van der Waals surface area contributed by atoms with Crippen molar-refractivity contribution in [1.82, 2.24) is 10.2 Å². The number of ether oxygens (including phenoxy) is 1. The van der Waals surface area contributed by atoms with Gasteiger partial charge in [0.1, 0.15) is 5.84 Å². The number of methoxy groups -OCH3 is 1. The van der Waals surface area contributed by atoms with Crippen LogP contribution in [0.1, 0.15) is 27.2 Å². The molecule has 1 fully saturated rings. The fourth-order valence-electron chi connectivity index (χ4n) is 2.39. The van der Waals surface area contributed by atoms with Crippen molar-refractivity contribution >= 4 is 5.84 Å². The molecule has 0 aromatic carbocycles.